The van der Waals surface area contributed by atoms with E-state index in [4.69, 9.17) is 19.7 Å². The molecular weight excluding hydrogens is 420 g/mol. The number of hydrogen-bond donors (Lipinski definition) is 2. The van der Waals surface area contributed by atoms with Crippen LogP contribution >= 0.6 is 0 Å². The molecule has 0 aromatic carbocycles. The normalized spacial score (nSPS) is 9.88. The van der Waals surface area contributed by atoms with Gasteiger partial charge in [0, 0.05) is 12.4 Å². The van der Waals surface area contributed by atoms with Gasteiger partial charge in [-0.15, -0.1) is 0 Å². The van der Waals surface area contributed by atoms with Gasteiger partial charge in [-0.2, -0.15) is 0 Å². The Kier molecular flexibility index (Phi) is 10.5. The van der Waals surface area contributed by atoms with Crippen molar-refractivity contribution in [1.82, 2.24) is 9.97 Å². The summed E-state index contributed by atoms with van der Waals surface area (Å²) in [6.45, 7) is 7.50. The van der Waals surface area contributed by atoms with Crippen LogP contribution in [0.4, 0.5) is 0 Å². The highest BCUT2D eigenvalue weighted by molar-refractivity contribution is 5.96. The van der Waals surface area contributed by atoms with Crippen LogP contribution in [0.5, 0.6) is 0 Å². The molecule has 2 aromatic rings. The number of aromatic carboxylic acids is 2. The molecule has 0 amide bonds. The van der Waals surface area contributed by atoms with E-state index in [1.54, 1.807) is 20.8 Å². The molecule has 0 aliphatic carbocycles. The molecule has 0 atom stereocenters. The lowest BCUT2D eigenvalue weighted by Crippen LogP contribution is -2.14. The Balaban J connectivity index is 0.000000320. The third-order valence-corrected chi connectivity index (χ3v) is 4.16. The van der Waals surface area contributed by atoms with Crippen LogP contribution < -0.4 is 0 Å². The second kappa shape index (κ2) is 12.8. The summed E-state index contributed by atoms with van der Waals surface area (Å²) in [5, 5.41) is 18.0. The number of carbonyl (C=O) groups excluding carboxylic acids is 2. The van der Waals surface area contributed by atoms with Crippen molar-refractivity contribution in [2.24, 2.45) is 0 Å². The first-order chi connectivity index (χ1) is 15.2. The first kappa shape index (κ1) is 26.2. The highest BCUT2D eigenvalue weighted by atomic mass is 16.5. The smallest absolute Gasteiger partial charge is 0.356 e. The second-order valence-electron chi connectivity index (χ2n) is 6.17. The Morgan fingerprint density at radius 2 is 1.50 bits per heavy atom. The van der Waals surface area contributed by atoms with Crippen molar-refractivity contribution in [3.05, 3.63) is 58.2 Å². The molecule has 0 saturated heterocycles. The van der Waals surface area contributed by atoms with E-state index in [9.17, 15) is 19.2 Å². The predicted octanol–water partition coefficient (Wildman–Crippen LogP) is 3.04. The molecule has 0 bridgehead atoms. The Bertz CT molecular complexity index is 955. The van der Waals surface area contributed by atoms with Gasteiger partial charge in [0.15, 0.2) is 5.69 Å². The van der Waals surface area contributed by atoms with Crippen LogP contribution in [0.1, 0.15) is 80.5 Å². The Hall–Kier alpha value is -3.82. The topological polar surface area (TPSA) is 153 Å². The summed E-state index contributed by atoms with van der Waals surface area (Å²) < 4.78 is 9.57. The van der Waals surface area contributed by atoms with Crippen LogP contribution in [0.2, 0.25) is 0 Å². The van der Waals surface area contributed by atoms with Crippen LogP contribution in [0.15, 0.2) is 24.5 Å². The minimum absolute atomic E-state index is 0.0809. The van der Waals surface area contributed by atoms with Gasteiger partial charge in [0.25, 0.3) is 0 Å². The molecular formula is C22H26N2O8. The number of esters is 2. The lowest BCUT2D eigenvalue weighted by molar-refractivity contribution is 0.0517. The van der Waals surface area contributed by atoms with Gasteiger partial charge in [-0.1, -0.05) is 13.8 Å². The first-order valence-electron chi connectivity index (χ1n) is 9.99. The number of aromatic nitrogens is 2. The fourth-order valence-electron chi connectivity index (χ4n) is 2.75. The lowest BCUT2D eigenvalue weighted by Gasteiger charge is -2.10. The zero-order valence-corrected chi connectivity index (χ0v) is 18.4. The average Bonchev–Trinajstić information content (AvgIpc) is 2.78. The minimum Gasteiger partial charge on any atom is -0.478 e. The van der Waals surface area contributed by atoms with Gasteiger partial charge in [0.05, 0.1) is 24.3 Å². The van der Waals surface area contributed by atoms with E-state index in [1.807, 2.05) is 6.92 Å². The predicted molar refractivity (Wildman–Crippen MR) is 113 cm³/mol. The Morgan fingerprint density at radius 3 is 2.00 bits per heavy atom. The summed E-state index contributed by atoms with van der Waals surface area (Å²) in [4.78, 5) is 52.3. The number of carboxylic acid groups (broad SMARTS) is 2. The lowest BCUT2D eigenvalue weighted by atomic mass is 9.98. The van der Waals surface area contributed by atoms with E-state index in [0.29, 0.717) is 29.5 Å². The maximum Gasteiger partial charge on any atom is 0.356 e. The van der Waals surface area contributed by atoms with Crippen molar-refractivity contribution >= 4 is 23.9 Å². The van der Waals surface area contributed by atoms with Gasteiger partial charge in [-0.25, -0.2) is 29.1 Å². The number of nitrogens with zero attached hydrogens (tertiary/aromatic N) is 2. The largest absolute Gasteiger partial charge is 0.478 e. The van der Waals surface area contributed by atoms with E-state index < -0.39 is 23.9 Å². The fourth-order valence-corrected chi connectivity index (χ4v) is 2.75. The Morgan fingerprint density at radius 1 is 0.875 bits per heavy atom. The van der Waals surface area contributed by atoms with E-state index >= 15 is 0 Å². The highest BCUT2D eigenvalue weighted by Gasteiger charge is 2.21. The molecule has 2 aromatic heterocycles. The molecule has 32 heavy (non-hydrogen) atoms. The monoisotopic (exact) mass is 446 g/mol. The third-order valence-electron chi connectivity index (χ3n) is 4.16. The van der Waals surface area contributed by atoms with Gasteiger partial charge in [-0.05, 0) is 49.9 Å². The van der Waals surface area contributed by atoms with Gasteiger partial charge in [0.1, 0.15) is 5.69 Å². The van der Waals surface area contributed by atoms with Crippen LogP contribution in [-0.4, -0.2) is 57.3 Å². The molecule has 2 N–H and O–H groups in total. The summed E-state index contributed by atoms with van der Waals surface area (Å²) in [6.07, 6.45) is 3.55. The van der Waals surface area contributed by atoms with Gasteiger partial charge >= 0.3 is 23.9 Å². The fraction of sp³-hybridized carbons (Fsp3) is 0.364. The molecule has 2 rings (SSSR count). The summed E-state index contributed by atoms with van der Waals surface area (Å²) in [5.41, 5.74) is 1.16. The zero-order chi connectivity index (χ0) is 24.3. The molecule has 0 fully saturated rings. The van der Waals surface area contributed by atoms with Crippen molar-refractivity contribution in [1.29, 1.82) is 0 Å². The maximum atomic E-state index is 11.4. The molecule has 172 valence electrons. The average molecular weight is 446 g/mol. The third kappa shape index (κ3) is 6.86. The maximum absolute atomic E-state index is 11.4. The van der Waals surface area contributed by atoms with Gasteiger partial charge in [0.2, 0.25) is 0 Å². The molecule has 0 spiro atoms. The summed E-state index contributed by atoms with van der Waals surface area (Å²) in [6, 6.07) is 2.84. The molecule has 0 unspecified atom stereocenters. The van der Waals surface area contributed by atoms with Crippen LogP contribution in [0.3, 0.4) is 0 Å². The van der Waals surface area contributed by atoms with E-state index in [-0.39, 0.29) is 30.2 Å². The van der Waals surface area contributed by atoms with Crippen molar-refractivity contribution < 1.29 is 38.9 Å². The number of ether oxygens (including phenoxy) is 2. The number of carbonyl (C=O) groups is 4. The molecule has 0 saturated carbocycles. The van der Waals surface area contributed by atoms with Crippen molar-refractivity contribution in [2.45, 2.75) is 40.5 Å². The summed E-state index contributed by atoms with van der Waals surface area (Å²) >= 11 is 0. The quantitative estimate of drug-likeness (QED) is 0.578. The summed E-state index contributed by atoms with van der Waals surface area (Å²) in [7, 11) is 0. The molecule has 10 nitrogen and oxygen atoms in total. The van der Waals surface area contributed by atoms with E-state index in [1.165, 1.54) is 24.5 Å². The summed E-state index contributed by atoms with van der Waals surface area (Å²) in [5.74, 6) is -3.32. The molecule has 0 aliphatic rings. The van der Waals surface area contributed by atoms with E-state index in [0.717, 1.165) is 0 Å². The highest BCUT2D eigenvalue weighted by Crippen LogP contribution is 2.19. The van der Waals surface area contributed by atoms with Gasteiger partial charge in [-0.3, -0.25) is 0 Å². The molecule has 10 heteroatoms. The van der Waals surface area contributed by atoms with Crippen LogP contribution in [-0.2, 0) is 22.3 Å². The zero-order valence-electron chi connectivity index (χ0n) is 18.4. The molecule has 2 heterocycles. The van der Waals surface area contributed by atoms with Gasteiger partial charge < -0.3 is 19.7 Å². The Labute approximate surface area is 185 Å². The number of rotatable bonds is 8. The SMILES string of the molecule is CCOC(=O)c1ccnc(C(=O)OCC)c1.CCc1cnc(C(=O)O)c(CC)c1C(=O)O. The van der Waals surface area contributed by atoms with Crippen molar-refractivity contribution in [2.75, 3.05) is 13.2 Å². The minimum atomic E-state index is -1.19. The van der Waals surface area contributed by atoms with Crippen LogP contribution in [0, 0.1) is 0 Å². The standard InChI is InChI=1S/2C11H13NO4/c1-3-15-10(13)8-5-6-12-9(7-8)11(14)16-4-2;1-3-6-5-12-9(11(15)16)7(4-2)8(6)10(13)14/h5-7H,3-4H2,1-2H3;5H,3-4H2,1-2H3,(H,13,14)(H,15,16). The number of carboxylic acids is 2. The van der Waals surface area contributed by atoms with E-state index in [2.05, 4.69) is 9.97 Å². The molecule has 0 aliphatic heterocycles. The first-order valence-corrected chi connectivity index (χ1v) is 9.99. The number of aryl methyl sites for hydroxylation is 1. The number of pyridine rings is 2. The van der Waals surface area contributed by atoms with Crippen LogP contribution in [0.25, 0.3) is 0 Å². The van der Waals surface area contributed by atoms with Crippen molar-refractivity contribution in [3.63, 3.8) is 0 Å². The number of hydrogen-bond acceptors (Lipinski definition) is 8. The molecule has 0 radical (unpaired) electrons. The second-order valence-corrected chi connectivity index (χ2v) is 6.17. The van der Waals surface area contributed by atoms with Crippen molar-refractivity contribution in [3.8, 4) is 0 Å².